The average molecular weight is 449 g/mol. The molecule has 0 spiro atoms. The van der Waals surface area contributed by atoms with E-state index in [4.69, 9.17) is 0 Å². The fraction of sp³-hybridized carbons (Fsp3) is 0.333. The first kappa shape index (κ1) is 18.2. The van der Waals surface area contributed by atoms with Gasteiger partial charge in [-0.1, -0.05) is 15.9 Å². The van der Waals surface area contributed by atoms with Crippen LogP contribution in [0.15, 0.2) is 44.6 Å². The molecular weight excluding hydrogens is 432 g/mol. The Morgan fingerprint density at radius 2 is 2.00 bits per heavy atom. The summed E-state index contributed by atoms with van der Waals surface area (Å²) in [7, 11) is 0. The molecule has 0 radical (unpaired) electrons. The van der Waals surface area contributed by atoms with Crippen LogP contribution >= 0.6 is 27.7 Å². The van der Waals surface area contributed by atoms with Crippen molar-refractivity contribution in [1.82, 2.24) is 9.78 Å². The number of thioether (sulfide) groups is 1. The predicted molar refractivity (Wildman–Crippen MR) is 107 cm³/mol. The van der Waals surface area contributed by atoms with Crippen LogP contribution in [-0.2, 0) is 16.1 Å². The summed E-state index contributed by atoms with van der Waals surface area (Å²) in [6, 6.07) is 7.16. The minimum absolute atomic E-state index is 0.0615. The van der Waals surface area contributed by atoms with E-state index in [9.17, 15) is 14.4 Å². The van der Waals surface area contributed by atoms with Crippen molar-refractivity contribution in [3.05, 3.63) is 45.3 Å². The van der Waals surface area contributed by atoms with Gasteiger partial charge in [-0.15, -0.1) is 11.8 Å². The van der Waals surface area contributed by atoms with Crippen LogP contribution in [0.1, 0.15) is 12.8 Å². The lowest BCUT2D eigenvalue weighted by Crippen LogP contribution is -2.43. The highest BCUT2D eigenvalue weighted by Gasteiger charge is 2.33. The van der Waals surface area contributed by atoms with Crippen LogP contribution in [0.4, 0.5) is 11.4 Å². The molecular formula is C18H17BrN4O3S. The molecule has 0 atom stereocenters. The predicted octanol–water partition coefficient (Wildman–Crippen LogP) is 2.49. The molecule has 2 heterocycles. The van der Waals surface area contributed by atoms with Crippen LogP contribution < -0.4 is 15.8 Å². The molecule has 27 heavy (non-hydrogen) atoms. The van der Waals surface area contributed by atoms with Gasteiger partial charge in [-0.2, -0.15) is 5.10 Å². The summed E-state index contributed by atoms with van der Waals surface area (Å²) in [5, 5.41) is 6.86. The molecule has 7 nitrogen and oxygen atoms in total. The van der Waals surface area contributed by atoms with E-state index < -0.39 is 5.56 Å². The lowest BCUT2D eigenvalue weighted by molar-refractivity contribution is -0.117. The smallest absolute Gasteiger partial charge is 0.292 e. The molecule has 2 aromatic rings. The minimum atomic E-state index is -0.403. The summed E-state index contributed by atoms with van der Waals surface area (Å²) >= 11 is 4.66. The van der Waals surface area contributed by atoms with Crippen LogP contribution in [0.5, 0.6) is 0 Å². The van der Waals surface area contributed by atoms with Crippen molar-refractivity contribution < 1.29 is 9.59 Å². The number of fused-ring (bicyclic) bond motifs is 1. The molecule has 1 fully saturated rings. The molecule has 0 bridgehead atoms. The third-order valence-electron chi connectivity index (χ3n) is 4.47. The van der Waals surface area contributed by atoms with Crippen molar-refractivity contribution in [2.24, 2.45) is 5.92 Å². The fourth-order valence-electron chi connectivity index (χ4n) is 2.89. The number of benzene rings is 1. The summed E-state index contributed by atoms with van der Waals surface area (Å²) < 4.78 is 2.03. The summed E-state index contributed by atoms with van der Waals surface area (Å²) in [5.41, 5.74) is 0.588. The Labute approximate surface area is 168 Å². The highest BCUT2D eigenvalue weighted by molar-refractivity contribution is 9.10. The number of rotatable bonds is 5. The first-order valence-corrected chi connectivity index (χ1v) is 10.4. The number of halogens is 1. The van der Waals surface area contributed by atoms with Gasteiger partial charge >= 0.3 is 0 Å². The van der Waals surface area contributed by atoms with Gasteiger partial charge in [-0.05, 0) is 43.0 Å². The molecule has 1 saturated carbocycles. The third-order valence-corrected chi connectivity index (χ3v) is 6.00. The van der Waals surface area contributed by atoms with Crippen LogP contribution in [-0.4, -0.2) is 33.9 Å². The van der Waals surface area contributed by atoms with E-state index in [1.807, 2.05) is 12.1 Å². The number of amides is 2. The number of carbonyl (C=O) groups is 2. The molecule has 1 N–H and O–H groups in total. The lowest BCUT2D eigenvalue weighted by Gasteiger charge is -2.28. The second-order valence-electron chi connectivity index (χ2n) is 6.61. The van der Waals surface area contributed by atoms with Crippen molar-refractivity contribution >= 4 is 50.9 Å². The Bertz CT molecular complexity index is 956. The van der Waals surface area contributed by atoms with E-state index in [0.717, 1.165) is 22.0 Å². The maximum absolute atomic E-state index is 12.9. The Kier molecular flexibility index (Phi) is 5.05. The zero-order valence-electron chi connectivity index (χ0n) is 14.4. The highest BCUT2D eigenvalue weighted by Crippen LogP contribution is 2.36. The monoisotopic (exact) mass is 448 g/mol. The first-order chi connectivity index (χ1) is 13.0. The molecule has 1 aromatic carbocycles. The molecule has 4 rings (SSSR count). The van der Waals surface area contributed by atoms with E-state index in [1.165, 1.54) is 11.8 Å². The molecule has 140 valence electrons. The fourth-order valence-corrected chi connectivity index (χ4v) is 4.05. The lowest BCUT2D eigenvalue weighted by atomic mass is 10.3. The zero-order valence-corrected chi connectivity index (χ0v) is 16.8. The van der Waals surface area contributed by atoms with Gasteiger partial charge in [0.1, 0.15) is 12.2 Å². The number of hydrogen-bond acceptors (Lipinski definition) is 5. The third kappa shape index (κ3) is 4.08. The molecule has 1 aliphatic heterocycles. The number of aromatic nitrogens is 2. The number of nitrogens with zero attached hydrogens (tertiary/aromatic N) is 3. The van der Waals surface area contributed by atoms with Gasteiger partial charge < -0.3 is 10.2 Å². The number of carbonyl (C=O) groups excluding carboxylic acids is 2. The van der Waals surface area contributed by atoms with Gasteiger partial charge in [0.05, 0.1) is 16.8 Å². The van der Waals surface area contributed by atoms with Gasteiger partial charge in [0.15, 0.2) is 0 Å². The molecule has 0 unspecified atom stereocenters. The summed E-state index contributed by atoms with van der Waals surface area (Å²) in [4.78, 5) is 39.8. The normalized spacial score (nSPS) is 16.2. The second-order valence-corrected chi connectivity index (χ2v) is 8.54. The van der Waals surface area contributed by atoms with Crippen molar-refractivity contribution in [3.63, 3.8) is 0 Å². The van der Waals surface area contributed by atoms with Gasteiger partial charge in [0.25, 0.3) is 5.56 Å². The maximum atomic E-state index is 12.9. The Morgan fingerprint density at radius 3 is 2.70 bits per heavy atom. The van der Waals surface area contributed by atoms with E-state index >= 15 is 0 Å². The minimum Gasteiger partial charge on any atom is -0.324 e. The quantitative estimate of drug-likeness (QED) is 0.759. The summed E-state index contributed by atoms with van der Waals surface area (Å²) in [6.07, 6.45) is 3.74. The average Bonchev–Trinajstić information content (AvgIpc) is 3.46. The van der Waals surface area contributed by atoms with Crippen molar-refractivity contribution in [1.29, 1.82) is 0 Å². The van der Waals surface area contributed by atoms with Gasteiger partial charge in [-0.3, -0.25) is 14.4 Å². The van der Waals surface area contributed by atoms with Gasteiger partial charge in [0.2, 0.25) is 11.8 Å². The summed E-state index contributed by atoms with van der Waals surface area (Å²) in [6.45, 7) is 0.356. The largest absolute Gasteiger partial charge is 0.324 e. The first-order valence-electron chi connectivity index (χ1n) is 8.60. The molecule has 1 aliphatic carbocycles. The second kappa shape index (κ2) is 7.47. The van der Waals surface area contributed by atoms with Gasteiger partial charge in [0, 0.05) is 16.7 Å². The molecule has 9 heteroatoms. The number of nitrogens with one attached hydrogen (secondary N) is 1. The van der Waals surface area contributed by atoms with Gasteiger partial charge in [-0.25, -0.2) is 4.68 Å². The Hall–Kier alpha value is -2.13. The van der Waals surface area contributed by atoms with Crippen LogP contribution in [0.3, 0.4) is 0 Å². The Morgan fingerprint density at radius 1 is 1.26 bits per heavy atom. The van der Waals surface area contributed by atoms with Crippen molar-refractivity contribution in [3.8, 4) is 0 Å². The van der Waals surface area contributed by atoms with E-state index in [1.54, 1.807) is 23.2 Å². The topological polar surface area (TPSA) is 84.3 Å². The Balaban J connectivity index is 1.56. The molecule has 0 saturated heterocycles. The van der Waals surface area contributed by atoms with E-state index in [-0.39, 0.29) is 18.4 Å². The molecule has 2 amide bonds. The number of anilines is 2. The van der Waals surface area contributed by atoms with Crippen LogP contribution in [0.25, 0.3) is 0 Å². The van der Waals surface area contributed by atoms with Crippen LogP contribution in [0.2, 0.25) is 0 Å². The zero-order chi connectivity index (χ0) is 19.0. The van der Waals surface area contributed by atoms with Crippen molar-refractivity contribution in [2.45, 2.75) is 24.3 Å². The van der Waals surface area contributed by atoms with E-state index in [2.05, 4.69) is 26.3 Å². The highest BCUT2D eigenvalue weighted by atomic mass is 79.9. The standard InChI is InChI=1S/C18H17BrN4O3S/c19-12-3-5-13(6-4-12)21-15(24)9-23-18(26)17-14(7-20-23)27-10-16(25)22(17)8-11-1-2-11/h3-7,11H,1-2,8-10H2,(H,21,24). The molecule has 2 aliphatic rings. The van der Waals surface area contributed by atoms with Crippen LogP contribution in [0, 0.1) is 5.92 Å². The van der Waals surface area contributed by atoms with E-state index in [0.29, 0.717) is 34.5 Å². The molecule has 1 aromatic heterocycles. The van der Waals surface area contributed by atoms with Crippen molar-refractivity contribution in [2.75, 3.05) is 22.5 Å². The number of hydrogen-bond donors (Lipinski definition) is 1. The summed E-state index contributed by atoms with van der Waals surface area (Å²) in [5.74, 6) is 0.366. The maximum Gasteiger partial charge on any atom is 0.292 e. The SMILES string of the molecule is O=C(Cn1ncc2c(c1=O)N(CC1CC1)C(=O)CS2)Nc1ccc(Br)cc1.